The van der Waals surface area contributed by atoms with E-state index in [0.29, 0.717) is 5.52 Å². The third-order valence-electron chi connectivity index (χ3n) is 8.24. The number of rotatable bonds is 3. The molecule has 7 rings (SSSR count). The van der Waals surface area contributed by atoms with E-state index in [9.17, 15) is 5.11 Å². The van der Waals surface area contributed by atoms with Crippen molar-refractivity contribution in [1.82, 2.24) is 19.5 Å². The van der Waals surface area contributed by atoms with E-state index in [-0.39, 0.29) is 32.2 Å². The Balaban J connectivity index is 0.00000329. The number of pyridine rings is 1. The molecule has 0 amide bonds. The normalized spacial score (nSPS) is 11.9. The molecule has 3 heterocycles. The quantitative estimate of drug-likeness (QED) is 0.197. The average Bonchev–Trinajstić information content (AvgIpc) is 3.56. The van der Waals surface area contributed by atoms with Gasteiger partial charge in [0.25, 0.3) is 0 Å². The van der Waals surface area contributed by atoms with Crippen LogP contribution < -0.4 is 4.98 Å². The second kappa shape index (κ2) is 10.5. The zero-order valence-corrected chi connectivity index (χ0v) is 27.4. The first-order valence-corrected chi connectivity index (χ1v) is 14.3. The van der Waals surface area contributed by atoms with E-state index in [4.69, 9.17) is 15.0 Å². The number of aromatic hydroxyl groups is 1. The van der Waals surface area contributed by atoms with Gasteiger partial charge in [0.2, 0.25) is 0 Å². The van der Waals surface area contributed by atoms with Gasteiger partial charge in [-0.05, 0) is 65.6 Å². The molecule has 218 valence electrons. The third-order valence-corrected chi connectivity index (χ3v) is 8.24. The zero-order valence-electron chi connectivity index (χ0n) is 25.1. The summed E-state index contributed by atoms with van der Waals surface area (Å²) in [6, 6.07) is 27.1. The molecule has 0 aliphatic carbocycles. The summed E-state index contributed by atoms with van der Waals surface area (Å²) < 4.78 is 2.15. The van der Waals surface area contributed by atoms with Gasteiger partial charge in [-0.1, -0.05) is 86.5 Å². The summed E-state index contributed by atoms with van der Waals surface area (Å²) in [5.41, 5.74) is 11.9. The van der Waals surface area contributed by atoms with Crippen molar-refractivity contribution in [3.05, 3.63) is 102 Å². The van der Waals surface area contributed by atoms with Gasteiger partial charge in [0.15, 0.2) is 0 Å². The topological polar surface area (TPSA) is 65.0 Å². The van der Waals surface area contributed by atoms with Gasteiger partial charge >= 0.3 is 0 Å². The van der Waals surface area contributed by atoms with Crippen LogP contribution >= 0.6 is 0 Å². The van der Waals surface area contributed by atoms with Crippen molar-refractivity contribution >= 4 is 32.8 Å². The number of nitrogens with zero attached hydrogens (tertiary/aromatic N) is 4. The van der Waals surface area contributed by atoms with Crippen molar-refractivity contribution in [2.24, 2.45) is 7.05 Å². The van der Waals surface area contributed by atoms with E-state index in [1.807, 2.05) is 18.3 Å². The van der Waals surface area contributed by atoms with Crippen LogP contribution in [0.3, 0.4) is 0 Å². The van der Waals surface area contributed by atoms with Gasteiger partial charge in [-0.3, -0.25) is 0 Å². The maximum absolute atomic E-state index is 10.9. The average molecular weight is 745 g/mol. The Morgan fingerprint density at radius 3 is 2.26 bits per heavy atom. The van der Waals surface area contributed by atoms with Gasteiger partial charge in [-0.2, -0.15) is 6.20 Å². The largest absolute Gasteiger partial charge is 0.663 e. The molecule has 0 aliphatic heterocycles. The molecule has 0 aliphatic rings. The first-order valence-electron chi connectivity index (χ1n) is 14.3. The third kappa shape index (κ3) is 4.86. The number of aromatic nitrogens is 4. The van der Waals surface area contributed by atoms with Crippen LogP contribution in [-0.4, -0.2) is 19.6 Å². The van der Waals surface area contributed by atoms with Gasteiger partial charge in [-0.15, -0.1) is 5.52 Å². The van der Waals surface area contributed by atoms with Crippen LogP contribution in [0.2, 0.25) is 0 Å². The van der Waals surface area contributed by atoms with Gasteiger partial charge in [0, 0.05) is 44.6 Å². The maximum Gasteiger partial charge on any atom is 0.141 e. The Bertz CT molecular complexity index is 2160. The molecule has 0 radical (unpaired) electrons. The standard InChI is InChI=1S/C37H33N4O.Pt/c1-21-15-22(2)17-24(16-21)28-20-30(39-35-26(28)9-8-12-32(35)42)27-10-7-11-31-34(27)40-36(41(31)6)29-19-25(37(3,4)5)18-23-13-14-38-33(23)29;/h7-20H,1-6H3,(H-,38,39,40,42);/q-1;. The SMILES string of the molecule is Cc1cc(C)cc(-c2cc(-c3cccc4c3nc(-c3cc(C(C)(C)C)cc5cc[n-]c35)n4C)nc3c(O)cccc23)c1.[Pt]. The molecule has 0 saturated carbocycles. The molecule has 4 aromatic carbocycles. The first-order chi connectivity index (χ1) is 20.1. The maximum atomic E-state index is 10.9. The molecule has 1 N–H and O–H groups in total. The summed E-state index contributed by atoms with van der Waals surface area (Å²) in [6.45, 7) is 10.9. The smallest absolute Gasteiger partial charge is 0.141 e. The van der Waals surface area contributed by atoms with Gasteiger partial charge in [0.1, 0.15) is 17.1 Å². The molecule has 0 atom stereocenters. The number of benzene rings is 4. The Morgan fingerprint density at radius 1 is 0.767 bits per heavy atom. The van der Waals surface area contributed by atoms with E-state index < -0.39 is 0 Å². The number of phenolic OH excluding ortho intramolecular Hbond substituents is 1. The summed E-state index contributed by atoms with van der Waals surface area (Å²) in [6.07, 6.45) is 1.87. The monoisotopic (exact) mass is 744 g/mol. The van der Waals surface area contributed by atoms with Crippen LogP contribution in [-0.2, 0) is 33.5 Å². The summed E-state index contributed by atoms with van der Waals surface area (Å²) in [4.78, 5) is 15.0. The molecular formula is C37H33N4OPt-. The molecule has 6 heteroatoms. The molecule has 0 bridgehead atoms. The van der Waals surface area contributed by atoms with Crippen molar-refractivity contribution in [1.29, 1.82) is 0 Å². The van der Waals surface area contributed by atoms with E-state index in [2.05, 4.69) is 107 Å². The minimum absolute atomic E-state index is 0. The minimum Gasteiger partial charge on any atom is -0.663 e. The molecule has 5 nitrogen and oxygen atoms in total. The second-order valence-corrected chi connectivity index (χ2v) is 12.4. The van der Waals surface area contributed by atoms with Gasteiger partial charge in [0.05, 0.1) is 16.7 Å². The fraction of sp³-hybridized carbons (Fsp3) is 0.189. The first kappa shape index (κ1) is 28.9. The number of hydrogen-bond donors (Lipinski definition) is 1. The van der Waals surface area contributed by atoms with Crippen molar-refractivity contribution in [3.63, 3.8) is 0 Å². The number of fused-ring (bicyclic) bond motifs is 3. The Hall–Kier alpha value is -4.21. The number of aryl methyl sites for hydroxylation is 3. The van der Waals surface area contributed by atoms with Crippen molar-refractivity contribution in [3.8, 4) is 39.5 Å². The number of phenols is 1. The second-order valence-electron chi connectivity index (χ2n) is 12.4. The van der Waals surface area contributed by atoms with Gasteiger partial charge in [-0.25, -0.2) is 9.97 Å². The predicted octanol–water partition coefficient (Wildman–Crippen LogP) is 8.85. The fourth-order valence-corrected chi connectivity index (χ4v) is 6.13. The van der Waals surface area contributed by atoms with Crippen molar-refractivity contribution in [2.75, 3.05) is 0 Å². The predicted molar refractivity (Wildman–Crippen MR) is 173 cm³/mol. The van der Waals surface area contributed by atoms with Crippen LogP contribution in [0.15, 0.2) is 85.1 Å². The number of hydrogen-bond acceptors (Lipinski definition) is 3. The van der Waals surface area contributed by atoms with E-state index in [0.717, 1.165) is 61.1 Å². The summed E-state index contributed by atoms with van der Waals surface area (Å²) >= 11 is 0. The molecule has 0 fully saturated rings. The number of imidazole rings is 1. The Kier molecular flexibility index (Phi) is 7.05. The van der Waals surface area contributed by atoms with Gasteiger partial charge < -0.3 is 14.7 Å². The minimum atomic E-state index is -0.0163. The van der Waals surface area contributed by atoms with Crippen LogP contribution in [0.4, 0.5) is 0 Å². The molecule has 43 heavy (non-hydrogen) atoms. The molecular weight excluding hydrogens is 712 g/mol. The van der Waals surface area contributed by atoms with E-state index in [1.165, 1.54) is 16.7 Å². The Morgan fingerprint density at radius 2 is 1.51 bits per heavy atom. The van der Waals surface area contributed by atoms with Crippen LogP contribution in [0.1, 0.15) is 37.5 Å². The van der Waals surface area contributed by atoms with E-state index in [1.54, 1.807) is 6.07 Å². The van der Waals surface area contributed by atoms with Crippen LogP contribution in [0.5, 0.6) is 5.75 Å². The van der Waals surface area contributed by atoms with Crippen molar-refractivity contribution < 1.29 is 26.2 Å². The molecule has 3 aromatic heterocycles. The fourth-order valence-electron chi connectivity index (χ4n) is 6.13. The zero-order chi connectivity index (χ0) is 29.3. The van der Waals surface area contributed by atoms with Crippen LogP contribution in [0, 0.1) is 13.8 Å². The van der Waals surface area contributed by atoms with Crippen LogP contribution in [0.25, 0.3) is 66.6 Å². The molecule has 0 saturated heterocycles. The summed E-state index contributed by atoms with van der Waals surface area (Å²) in [5, 5.41) is 13.0. The molecule has 0 spiro atoms. The van der Waals surface area contributed by atoms with Crippen molar-refractivity contribution in [2.45, 2.75) is 40.0 Å². The summed E-state index contributed by atoms with van der Waals surface area (Å²) in [7, 11) is 2.06. The molecule has 0 unspecified atom stereocenters. The summed E-state index contributed by atoms with van der Waals surface area (Å²) in [5.74, 6) is 1.03. The Labute approximate surface area is 265 Å². The van der Waals surface area contributed by atoms with E-state index >= 15 is 0 Å². The molecule has 7 aromatic rings. The number of para-hydroxylation sites is 2.